The van der Waals surface area contributed by atoms with Gasteiger partial charge in [0.05, 0.1) is 22.7 Å². The Morgan fingerprint density at radius 3 is 2.59 bits per heavy atom. The van der Waals surface area contributed by atoms with E-state index in [1.54, 1.807) is 42.7 Å². The molecule has 4 aromatic rings. The number of hydrogen-bond donors (Lipinski definition) is 1. The lowest BCUT2D eigenvalue weighted by Crippen LogP contribution is -2.21. The molecule has 0 amide bonds. The third-order valence-corrected chi connectivity index (χ3v) is 7.40. The number of H-pyrrole nitrogens is 1. The maximum absolute atomic E-state index is 13.5. The Hall–Kier alpha value is -3.18. The first-order chi connectivity index (χ1) is 14.1. The summed E-state index contributed by atoms with van der Waals surface area (Å²) in [6, 6.07) is 12.6. The van der Waals surface area contributed by atoms with Crippen LogP contribution in [0.15, 0.2) is 58.8 Å². The van der Waals surface area contributed by atoms with E-state index in [4.69, 9.17) is 0 Å². The van der Waals surface area contributed by atoms with Gasteiger partial charge in [-0.1, -0.05) is 18.2 Å². The second kappa shape index (κ2) is 6.71. The molecular formula is C21H19N5O2S. The lowest BCUT2D eigenvalue weighted by molar-refractivity contribution is 0.304. The van der Waals surface area contributed by atoms with Gasteiger partial charge in [-0.3, -0.25) is 0 Å². The Morgan fingerprint density at radius 2 is 1.86 bits per heavy atom. The van der Waals surface area contributed by atoms with Gasteiger partial charge in [0.1, 0.15) is 11.2 Å². The van der Waals surface area contributed by atoms with E-state index in [0.717, 1.165) is 36.6 Å². The number of imidazole rings is 1. The average molecular weight is 405 g/mol. The molecule has 5 rings (SSSR count). The molecule has 29 heavy (non-hydrogen) atoms. The number of hydrogen-bond acceptors (Lipinski definition) is 5. The first-order valence-corrected chi connectivity index (χ1v) is 11.1. The lowest BCUT2D eigenvalue weighted by atomic mass is 9.87. The third kappa shape index (κ3) is 2.81. The monoisotopic (exact) mass is 405 g/mol. The number of nitriles is 1. The number of pyridine rings is 1. The molecule has 1 aliphatic rings. The molecule has 3 aromatic heterocycles. The zero-order valence-corrected chi connectivity index (χ0v) is 16.4. The summed E-state index contributed by atoms with van der Waals surface area (Å²) in [7, 11) is -3.80. The van der Waals surface area contributed by atoms with E-state index in [1.165, 1.54) is 0 Å². The van der Waals surface area contributed by atoms with Gasteiger partial charge in [-0.15, -0.1) is 0 Å². The van der Waals surface area contributed by atoms with Crippen molar-refractivity contribution < 1.29 is 8.42 Å². The zero-order valence-electron chi connectivity index (χ0n) is 15.6. The highest BCUT2D eigenvalue weighted by atomic mass is 32.2. The molecule has 1 aliphatic carbocycles. The molecule has 0 saturated heterocycles. The van der Waals surface area contributed by atoms with Gasteiger partial charge >= 0.3 is 0 Å². The van der Waals surface area contributed by atoms with Crippen LogP contribution >= 0.6 is 0 Å². The molecule has 1 N–H and O–H groups in total. The molecule has 146 valence electrons. The predicted molar refractivity (Wildman–Crippen MR) is 108 cm³/mol. The van der Waals surface area contributed by atoms with Gasteiger partial charge in [-0.05, 0) is 43.9 Å². The van der Waals surface area contributed by atoms with Crippen molar-refractivity contribution in [2.45, 2.75) is 41.8 Å². The summed E-state index contributed by atoms with van der Waals surface area (Å²) in [4.78, 5) is 12.2. The van der Waals surface area contributed by atoms with Crippen LogP contribution in [-0.4, -0.2) is 27.9 Å². The fourth-order valence-corrected chi connectivity index (χ4v) is 5.71. The van der Waals surface area contributed by atoms with E-state index >= 15 is 0 Å². The Bertz CT molecular complexity index is 1340. The third-order valence-electron chi connectivity index (χ3n) is 5.74. The van der Waals surface area contributed by atoms with Crippen molar-refractivity contribution in [3.63, 3.8) is 0 Å². The van der Waals surface area contributed by atoms with Crippen LogP contribution in [0.4, 0.5) is 0 Å². The van der Waals surface area contributed by atoms with E-state index in [1.807, 2.05) is 10.6 Å². The quantitative estimate of drug-likeness (QED) is 0.555. The first kappa shape index (κ1) is 17.9. The summed E-state index contributed by atoms with van der Waals surface area (Å²) in [6.07, 6.45) is 6.42. The van der Waals surface area contributed by atoms with Crippen molar-refractivity contribution in [1.29, 1.82) is 5.26 Å². The number of aromatic nitrogens is 4. The number of aromatic amines is 1. The molecule has 0 spiro atoms. The molecule has 0 radical (unpaired) electrons. The normalized spacial score (nSPS) is 20.1. The molecule has 7 nitrogen and oxygen atoms in total. The van der Waals surface area contributed by atoms with E-state index in [0.29, 0.717) is 11.2 Å². The molecule has 0 unspecified atom stereocenters. The standard InChI is InChI=1S/C21H19N5O2S/c22-12-14-6-8-15(9-7-14)26-19-17-10-11-23-20(17)24-13-18(19)25-21(26)29(27,28)16-4-2-1-3-5-16/h1-5,10-11,13-15H,6-9H2,(H,23,24). The largest absolute Gasteiger partial charge is 0.346 e. The maximum atomic E-state index is 13.5. The van der Waals surface area contributed by atoms with Crippen molar-refractivity contribution in [3.8, 4) is 6.07 Å². The smallest absolute Gasteiger partial charge is 0.240 e. The molecule has 0 aliphatic heterocycles. The van der Waals surface area contributed by atoms with Gasteiger partial charge in [0.25, 0.3) is 0 Å². The summed E-state index contributed by atoms with van der Waals surface area (Å²) >= 11 is 0. The summed E-state index contributed by atoms with van der Waals surface area (Å²) in [5.74, 6) is 0.0316. The Labute approximate surface area is 167 Å². The first-order valence-electron chi connectivity index (χ1n) is 9.63. The second-order valence-corrected chi connectivity index (χ2v) is 9.29. The number of rotatable bonds is 3. The fourth-order valence-electron chi connectivity index (χ4n) is 4.27. The van der Waals surface area contributed by atoms with Crippen molar-refractivity contribution in [1.82, 2.24) is 19.5 Å². The molecular weight excluding hydrogens is 386 g/mol. The molecule has 0 atom stereocenters. The molecule has 8 heteroatoms. The van der Waals surface area contributed by atoms with E-state index in [2.05, 4.69) is 21.0 Å². The summed E-state index contributed by atoms with van der Waals surface area (Å²) in [5, 5.41) is 10.2. The predicted octanol–water partition coefficient (Wildman–Crippen LogP) is 4.00. The molecule has 1 aromatic carbocycles. The number of sulfone groups is 1. The Kier molecular flexibility index (Phi) is 4.14. The summed E-state index contributed by atoms with van der Waals surface area (Å²) < 4.78 is 28.9. The van der Waals surface area contributed by atoms with Crippen LogP contribution in [0.3, 0.4) is 0 Å². The van der Waals surface area contributed by atoms with Crippen LogP contribution in [0.25, 0.3) is 22.1 Å². The van der Waals surface area contributed by atoms with E-state index < -0.39 is 9.84 Å². The van der Waals surface area contributed by atoms with Crippen molar-refractivity contribution in [3.05, 3.63) is 48.8 Å². The van der Waals surface area contributed by atoms with Gasteiger partial charge in [0.2, 0.25) is 15.0 Å². The fraction of sp³-hybridized carbons (Fsp3) is 0.286. The van der Waals surface area contributed by atoms with Crippen LogP contribution in [-0.2, 0) is 9.84 Å². The van der Waals surface area contributed by atoms with Crippen LogP contribution in [0, 0.1) is 17.2 Å². The summed E-state index contributed by atoms with van der Waals surface area (Å²) in [5.41, 5.74) is 2.05. The zero-order chi connectivity index (χ0) is 20.0. The lowest BCUT2D eigenvalue weighted by Gasteiger charge is -2.27. The topological polar surface area (TPSA) is 104 Å². The second-order valence-electron chi connectivity index (χ2n) is 7.45. The van der Waals surface area contributed by atoms with Gasteiger partial charge in [-0.25, -0.2) is 18.4 Å². The van der Waals surface area contributed by atoms with E-state index in [-0.39, 0.29) is 22.0 Å². The minimum atomic E-state index is -3.80. The van der Waals surface area contributed by atoms with Gasteiger partial charge in [-0.2, -0.15) is 5.26 Å². The van der Waals surface area contributed by atoms with Gasteiger partial charge < -0.3 is 9.55 Å². The highest BCUT2D eigenvalue weighted by molar-refractivity contribution is 7.91. The number of nitrogens with one attached hydrogen (secondary N) is 1. The number of fused-ring (bicyclic) bond motifs is 3. The minimum absolute atomic E-state index is 0.0291. The highest BCUT2D eigenvalue weighted by Gasteiger charge is 2.32. The average Bonchev–Trinajstić information content (AvgIpc) is 3.39. The number of benzene rings is 1. The van der Waals surface area contributed by atoms with Crippen molar-refractivity contribution in [2.75, 3.05) is 0 Å². The summed E-state index contributed by atoms with van der Waals surface area (Å²) in [6.45, 7) is 0. The number of nitrogens with zero attached hydrogens (tertiary/aromatic N) is 4. The molecule has 0 bridgehead atoms. The van der Waals surface area contributed by atoms with Gasteiger partial charge in [0.15, 0.2) is 0 Å². The molecule has 3 heterocycles. The van der Waals surface area contributed by atoms with Crippen molar-refractivity contribution in [2.24, 2.45) is 5.92 Å². The molecule has 1 fully saturated rings. The van der Waals surface area contributed by atoms with Crippen LogP contribution < -0.4 is 0 Å². The van der Waals surface area contributed by atoms with E-state index in [9.17, 15) is 13.7 Å². The van der Waals surface area contributed by atoms with Crippen LogP contribution in [0.5, 0.6) is 0 Å². The maximum Gasteiger partial charge on any atom is 0.240 e. The Balaban J connectivity index is 1.77. The Morgan fingerprint density at radius 1 is 1.10 bits per heavy atom. The minimum Gasteiger partial charge on any atom is -0.346 e. The van der Waals surface area contributed by atoms with Crippen molar-refractivity contribution >= 4 is 31.9 Å². The molecule has 1 saturated carbocycles. The van der Waals surface area contributed by atoms with Crippen LogP contribution in [0.2, 0.25) is 0 Å². The van der Waals surface area contributed by atoms with Crippen LogP contribution in [0.1, 0.15) is 31.7 Å². The van der Waals surface area contributed by atoms with Gasteiger partial charge in [0, 0.05) is 23.5 Å². The highest BCUT2D eigenvalue weighted by Crippen LogP contribution is 2.38. The SMILES string of the molecule is N#CC1CCC(n2c(S(=O)(=O)c3ccccc3)nc3cnc4[nH]ccc4c32)CC1.